The van der Waals surface area contributed by atoms with Crippen molar-refractivity contribution in [3.8, 4) is 0 Å². The number of benzene rings is 1. The van der Waals surface area contributed by atoms with Gasteiger partial charge in [0.05, 0.1) is 5.02 Å². The molecule has 2 rings (SSSR count). The summed E-state index contributed by atoms with van der Waals surface area (Å²) in [6, 6.07) is 5.70. The molecule has 1 fully saturated rings. The van der Waals surface area contributed by atoms with Crippen LogP contribution < -0.4 is 5.43 Å². The molecule has 27 heavy (non-hydrogen) atoms. The summed E-state index contributed by atoms with van der Waals surface area (Å²) in [4.78, 5) is 23.4. The van der Waals surface area contributed by atoms with Crippen LogP contribution >= 0.6 is 11.6 Å². The van der Waals surface area contributed by atoms with Crippen molar-refractivity contribution < 1.29 is 9.59 Å². The van der Waals surface area contributed by atoms with Gasteiger partial charge >= 0.3 is 0 Å². The average molecular weight is 392 g/mol. The summed E-state index contributed by atoms with van der Waals surface area (Å²) in [5.41, 5.74) is 5.84. The summed E-state index contributed by atoms with van der Waals surface area (Å²) in [7, 11) is 0. The highest BCUT2D eigenvalue weighted by atomic mass is 35.5. The first-order chi connectivity index (χ1) is 13.1. The van der Waals surface area contributed by atoms with Crippen LogP contribution in [0.15, 0.2) is 18.2 Å². The van der Waals surface area contributed by atoms with Crippen LogP contribution in [-0.4, -0.2) is 16.8 Å². The van der Waals surface area contributed by atoms with E-state index in [1.54, 1.807) is 6.07 Å². The first kappa shape index (κ1) is 21.7. The summed E-state index contributed by atoms with van der Waals surface area (Å²) in [6.07, 6.45) is 14.6. The van der Waals surface area contributed by atoms with Crippen molar-refractivity contribution in [1.82, 2.24) is 10.4 Å². The molecule has 0 aliphatic carbocycles. The minimum absolute atomic E-state index is 0.234. The molecule has 1 aliphatic rings. The number of unbranched alkanes of at least 4 members (excludes halogenated alkanes) is 9. The fourth-order valence-corrected chi connectivity index (χ4v) is 3.55. The third-order valence-electron chi connectivity index (χ3n) is 5.06. The van der Waals surface area contributed by atoms with Crippen molar-refractivity contribution in [1.29, 1.82) is 0 Å². The van der Waals surface area contributed by atoms with Gasteiger partial charge in [-0.3, -0.25) is 9.59 Å². The van der Waals surface area contributed by atoms with Gasteiger partial charge in [-0.15, -0.1) is 0 Å². The zero-order valence-corrected chi connectivity index (χ0v) is 17.3. The number of hydrogen-bond acceptors (Lipinski definition) is 2. The molecule has 5 heteroatoms. The molecule has 1 radical (unpaired) electrons. The first-order valence-electron chi connectivity index (χ1n) is 10.5. The lowest BCUT2D eigenvalue weighted by molar-refractivity contribution is -0.141. The molecule has 0 N–H and O–H groups in total. The van der Waals surface area contributed by atoms with E-state index in [0.717, 1.165) is 23.4 Å². The van der Waals surface area contributed by atoms with E-state index in [0.29, 0.717) is 10.7 Å². The van der Waals surface area contributed by atoms with E-state index >= 15 is 0 Å². The van der Waals surface area contributed by atoms with Crippen molar-refractivity contribution in [2.45, 2.75) is 90.4 Å². The molecule has 0 spiro atoms. The van der Waals surface area contributed by atoms with Gasteiger partial charge in [-0.2, -0.15) is 10.4 Å². The van der Waals surface area contributed by atoms with Gasteiger partial charge in [-0.25, -0.2) is 0 Å². The lowest BCUT2D eigenvalue weighted by Crippen LogP contribution is -2.34. The number of rotatable bonds is 13. The average Bonchev–Trinajstić information content (AvgIpc) is 2.97. The number of aryl methyl sites for hydroxylation is 1. The van der Waals surface area contributed by atoms with Gasteiger partial charge in [-0.1, -0.05) is 82.4 Å². The lowest BCUT2D eigenvalue weighted by Gasteiger charge is -2.14. The lowest BCUT2D eigenvalue weighted by atomic mass is 10.0. The summed E-state index contributed by atoms with van der Waals surface area (Å²) in [6.45, 7) is 2.25. The molecule has 0 atom stereocenters. The highest BCUT2D eigenvalue weighted by Gasteiger charge is 2.31. The topological polar surface area (TPSA) is 51.5 Å². The first-order valence-corrected chi connectivity index (χ1v) is 10.9. The number of halogens is 1. The smallest absolute Gasteiger partial charge is 0.250 e. The van der Waals surface area contributed by atoms with Gasteiger partial charge in [0.1, 0.15) is 5.69 Å². The van der Waals surface area contributed by atoms with Crippen LogP contribution in [-0.2, 0) is 16.0 Å². The van der Waals surface area contributed by atoms with Crippen molar-refractivity contribution >= 4 is 29.1 Å². The monoisotopic (exact) mass is 391 g/mol. The van der Waals surface area contributed by atoms with Gasteiger partial charge < -0.3 is 0 Å². The summed E-state index contributed by atoms with van der Waals surface area (Å²) in [5, 5.41) is 1.43. The predicted molar refractivity (Wildman–Crippen MR) is 110 cm³/mol. The van der Waals surface area contributed by atoms with E-state index in [2.05, 4.69) is 12.3 Å². The van der Waals surface area contributed by atoms with E-state index in [4.69, 9.17) is 11.6 Å². The Morgan fingerprint density at radius 3 is 2.04 bits per heavy atom. The van der Waals surface area contributed by atoms with Crippen LogP contribution in [0.1, 0.15) is 89.5 Å². The Balaban J connectivity index is 1.67. The molecule has 1 aromatic rings. The molecule has 149 valence electrons. The quantitative estimate of drug-likeness (QED) is 0.301. The van der Waals surface area contributed by atoms with Gasteiger partial charge in [0.15, 0.2) is 0 Å². The summed E-state index contributed by atoms with van der Waals surface area (Å²) in [5.74, 6) is -0.507. The third kappa shape index (κ3) is 7.53. The Bertz CT molecular complexity index is 602. The molecular weight excluding hydrogens is 360 g/mol. The van der Waals surface area contributed by atoms with E-state index in [1.807, 2.05) is 12.1 Å². The van der Waals surface area contributed by atoms with Crippen LogP contribution in [0.5, 0.6) is 0 Å². The highest BCUT2D eigenvalue weighted by molar-refractivity contribution is 6.33. The zero-order valence-electron chi connectivity index (χ0n) is 16.5. The van der Waals surface area contributed by atoms with Crippen molar-refractivity contribution in [3.05, 3.63) is 28.8 Å². The summed E-state index contributed by atoms with van der Waals surface area (Å²) < 4.78 is 0. The number of hydrogen-bond donors (Lipinski definition) is 0. The summed E-state index contributed by atoms with van der Waals surface area (Å²) >= 11 is 6.19. The Morgan fingerprint density at radius 1 is 0.889 bits per heavy atom. The Labute approximate surface area is 168 Å². The molecule has 0 unspecified atom stereocenters. The molecule has 1 saturated heterocycles. The van der Waals surface area contributed by atoms with Crippen molar-refractivity contribution in [2.24, 2.45) is 0 Å². The maximum Gasteiger partial charge on any atom is 0.250 e. The van der Waals surface area contributed by atoms with Crippen LogP contribution in [0.2, 0.25) is 5.02 Å². The molecule has 1 aliphatic heterocycles. The maximum absolute atomic E-state index is 11.7. The van der Waals surface area contributed by atoms with E-state index < -0.39 is 0 Å². The van der Waals surface area contributed by atoms with Crippen molar-refractivity contribution in [3.63, 3.8) is 0 Å². The van der Waals surface area contributed by atoms with Crippen LogP contribution in [0.4, 0.5) is 5.69 Å². The van der Waals surface area contributed by atoms with Gasteiger partial charge in [0, 0.05) is 12.8 Å². The molecule has 0 aromatic heterocycles. The fourth-order valence-electron chi connectivity index (χ4n) is 3.39. The molecule has 1 heterocycles. The van der Waals surface area contributed by atoms with Crippen LogP contribution in [0, 0.1) is 0 Å². The second-order valence-corrected chi connectivity index (χ2v) is 7.82. The second kappa shape index (κ2) is 12.0. The molecular formula is C22H32ClN2O2. The van der Waals surface area contributed by atoms with E-state index in [1.165, 1.54) is 57.8 Å². The van der Waals surface area contributed by atoms with Gasteiger partial charge in [0.25, 0.3) is 0 Å². The van der Waals surface area contributed by atoms with Gasteiger partial charge in [0.2, 0.25) is 11.8 Å². The predicted octanol–water partition coefficient (Wildman–Crippen LogP) is 6.10. The largest absolute Gasteiger partial charge is 0.272 e. The van der Waals surface area contributed by atoms with Crippen LogP contribution in [0.25, 0.3) is 0 Å². The van der Waals surface area contributed by atoms with Gasteiger partial charge in [-0.05, 0) is 30.5 Å². The number of carbonyl (C=O) groups is 2. The number of nitrogens with zero attached hydrogens (tertiary/aromatic N) is 2. The SMILES string of the molecule is CCCCCCCCCCCCc1ccc(Cl)c([N]N2C(=O)CCC2=O)c1. The highest BCUT2D eigenvalue weighted by Crippen LogP contribution is 2.26. The maximum atomic E-state index is 11.7. The fraction of sp³-hybridized carbons (Fsp3) is 0.636. The normalized spacial score (nSPS) is 14.2. The van der Waals surface area contributed by atoms with E-state index in [-0.39, 0.29) is 24.7 Å². The van der Waals surface area contributed by atoms with E-state index in [9.17, 15) is 9.59 Å². The second-order valence-electron chi connectivity index (χ2n) is 7.42. The molecule has 0 saturated carbocycles. The Hall–Kier alpha value is -1.55. The standard InChI is InChI=1S/C22H32ClN2O2/c1-2-3-4-5-6-7-8-9-10-11-12-18-13-14-19(23)20(17-18)24-25-21(26)15-16-22(25)27/h13-14,17H,2-12,15-16H2,1H3. The Kier molecular flexibility index (Phi) is 9.68. The molecule has 0 bridgehead atoms. The minimum atomic E-state index is -0.254. The van der Waals surface area contributed by atoms with Crippen LogP contribution in [0.3, 0.4) is 0 Å². The molecule has 1 aromatic carbocycles. The minimum Gasteiger partial charge on any atom is -0.272 e. The molecule has 2 amide bonds. The Morgan fingerprint density at radius 2 is 1.44 bits per heavy atom. The number of carbonyl (C=O) groups excluding carboxylic acids is 2. The molecule has 4 nitrogen and oxygen atoms in total. The zero-order chi connectivity index (χ0) is 19.5. The number of amides is 2. The number of imide groups is 1. The third-order valence-corrected chi connectivity index (χ3v) is 5.38. The van der Waals surface area contributed by atoms with Crippen molar-refractivity contribution in [2.75, 3.05) is 0 Å².